The molecule has 0 aliphatic carbocycles. The van der Waals surface area contributed by atoms with E-state index >= 15 is 0 Å². The van der Waals surface area contributed by atoms with Crippen LogP contribution in [0, 0.1) is 12.8 Å². The Morgan fingerprint density at radius 3 is 3.06 bits per heavy atom. The molecule has 0 unspecified atom stereocenters. The van der Waals surface area contributed by atoms with E-state index in [0.29, 0.717) is 18.9 Å². The third-order valence-corrected chi connectivity index (χ3v) is 3.53. The lowest BCUT2D eigenvalue weighted by atomic mass is 9.99. The fraction of sp³-hybridized carbons (Fsp3) is 0.636. The minimum atomic E-state index is 0.165. The molecule has 1 aromatic heterocycles. The number of aromatic nitrogens is 1. The molecule has 1 aliphatic heterocycles. The van der Waals surface area contributed by atoms with Gasteiger partial charge in [-0.05, 0) is 25.9 Å². The lowest BCUT2D eigenvalue weighted by molar-refractivity contribution is -0.122. The number of aryl methyl sites for hydroxylation is 1. The van der Waals surface area contributed by atoms with Gasteiger partial charge in [-0.2, -0.15) is 0 Å². The zero-order valence-corrected chi connectivity index (χ0v) is 10.3. The Kier molecular flexibility index (Phi) is 3.90. The van der Waals surface area contributed by atoms with Crippen LogP contribution in [0.2, 0.25) is 0 Å². The molecule has 1 amide bonds. The molecule has 1 aliphatic rings. The number of hydrogen-bond donors (Lipinski definition) is 2. The van der Waals surface area contributed by atoms with E-state index in [1.807, 2.05) is 6.92 Å². The number of nitrogens with one attached hydrogen (secondary N) is 2. The van der Waals surface area contributed by atoms with Gasteiger partial charge in [0.05, 0.1) is 10.7 Å². The molecule has 1 aromatic rings. The van der Waals surface area contributed by atoms with Gasteiger partial charge < -0.3 is 10.6 Å². The molecule has 0 atom stereocenters. The fourth-order valence-corrected chi connectivity index (χ4v) is 2.33. The molecule has 4 nitrogen and oxygen atoms in total. The third-order valence-electron chi connectivity index (χ3n) is 2.71. The predicted octanol–water partition coefficient (Wildman–Crippen LogP) is 0.720. The summed E-state index contributed by atoms with van der Waals surface area (Å²) < 4.78 is 0. The lowest BCUT2D eigenvalue weighted by Crippen LogP contribution is -2.44. The minimum Gasteiger partial charge on any atom is -0.356 e. The second-order valence-electron chi connectivity index (χ2n) is 4.19. The van der Waals surface area contributed by atoms with Crippen LogP contribution in [0.3, 0.4) is 0 Å². The first-order chi connectivity index (χ1) is 7.74. The quantitative estimate of drug-likeness (QED) is 0.796. The molecule has 88 valence electrons. The van der Waals surface area contributed by atoms with E-state index in [2.05, 4.69) is 21.0 Å². The summed E-state index contributed by atoms with van der Waals surface area (Å²) in [6, 6.07) is 0. The zero-order chi connectivity index (χ0) is 11.4. The summed E-state index contributed by atoms with van der Waals surface area (Å²) in [7, 11) is 0. The monoisotopic (exact) mass is 239 g/mol. The van der Waals surface area contributed by atoms with Crippen molar-refractivity contribution >= 4 is 17.2 Å². The summed E-state index contributed by atoms with van der Waals surface area (Å²) in [5, 5.41) is 9.24. The Hall–Kier alpha value is -0.940. The molecule has 2 rings (SSSR count). The van der Waals surface area contributed by atoms with Crippen LogP contribution in [-0.2, 0) is 11.2 Å². The van der Waals surface area contributed by atoms with Crippen molar-refractivity contribution in [1.29, 1.82) is 0 Å². The van der Waals surface area contributed by atoms with Crippen molar-refractivity contribution in [3.05, 3.63) is 16.1 Å². The Labute approximate surface area is 99.5 Å². The van der Waals surface area contributed by atoms with Crippen molar-refractivity contribution in [3.63, 3.8) is 0 Å². The molecule has 0 bridgehead atoms. The van der Waals surface area contributed by atoms with Crippen molar-refractivity contribution in [2.75, 3.05) is 19.6 Å². The van der Waals surface area contributed by atoms with Gasteiger partial charge >= 0.3 is 0 Å². The van der Waals surface area contributed by atoms with Crippen molar-refractivity contribution in [2.24, 2.45) is 5.92 Å². The summed E-state index contributed by atoms with van der Waals surface area (Å²) in [6.45, 7) is 4.66. The van der Waals surface area contributed by atoms with Gasteiger partial charge in [0, 0.05) is 24.8 Å². The fourth-order valence-electron chi connectivity index (χ4n) is 1.68. The van der Waals surface area contributed by atoms with Crippen LogP contribution in [0.15, 0.2) is 5.38 Å². The highest BCUT2D eigenvalue weighted by atomic mass is 32.1. The van der Waals surface area contributed by atoms with E-state index in [0.717, 1.165) is 30.2 Å². The van der Waals surface area contributed by atoms with Crippen molar-refractivity contribution in [3.8, 4) is 0 Å². The first kappa shape index (κ1) is 11.5. The van der Waals surface area contributed by atoms with Gasteiger partial charge in [-0.15, -0.1) is 11.3 Å². The van der Waals surface area contributed by atoms with Crippen LogP contribution < -0.4 is 10.6 Å². The highest BCUT2D eigenvalue weighted by molar-refractivity contribution is 7.09. The van der Waals surface area contributed by atoms with Gasteiger partial charge in [0.25, 0.3) is 0 Å². The highest BCUT2D eigenvalue weighted by Gasteiger charge is 2.19. The molecular formula is C11H17N3OS. The van der Waals surface area contributed by atoms with Crippen molar-refractivity contribution in [1.82, 2.24) is 15.6 Å². The summed E-state index contributed by atoms with van der Waals surface area (Å²) in [4.78, 5) is 15.8. The SMILES string of the molecule is Cc1nc(CCNC(=O)CC2CNC2)cs1. The van der Waals surface area contributed by atoms with Gasteiger partial charge in [0.2, 0.25) is 5.91 Å². The molecule has 0 spiro atoms. The minimum absolute atomic E-state index is 0.165. The Morgan fingerprint density at radius 2 is 2.50 bits per heavy atom. The van der Waals surface area contributed by atoms with Gasteiger partial charge in [0.1, 0.15) is 0 Å². The van der Waals surface area contributed by atoms with Crippen LogP contribution >= 0.6 is 11.3 Å². The second kappa shape index (κ2) is 5.41. The summed E-state index contributed by atoms with van der Waals surface area (Å²) in [5.41, 5.74) is 1.08. The topological polar surface area (TPSA) is 54.0 Å². The van der Waals surface area contributed by atoms with Gasteiger partial charge in [-0.25, -0.2) is 4.98 Å². The van der Waals surface area contributed by atoms with Gasteiger partial charge in [-0.1, -0.05) is 0 Å². The Balaban J connectivity index is 1.61. The van der Waals surface area contributed by atoms with E-state index < -0.39 is 0 Å². The largest absolute Gasteiger partial charge is 0.356 e. The molecule has 2 heterocycles. The number of hydrogen-bond acceptors (Lipinski definition) is 4. The van der Waals surface area contributed by atoms with E-state index in [1.54, 1.807) is 11.3 Å². The van der Waals surface area contributed by atoms with E-state index in [-0.39, 0.29) is 5.91 Å². The summed E-state index contributed by atoms with van der Waals surface area (Å²) in [5.74, 6) is 0.708. The molecule has 0 radical (unpaired) electrons. The summed E-state index contributed by atoms with van der Waals surface area (Å²) >= 11 is 1.65. The smallest absolute Gasteiger partial charge is 0.220 e. The maximum absolute atomic E-state index is 11.5. The molecule has 0 aromatic carbocycles. The van der Waals surface area contributed by atoms with Crippen LogP contribution in [-0.4, -0.2) is 30.5 Å². The maximum Gasteiger partial charge on any atom is 0.220 e. The first-order valence-corrected chi connectivity index (χ1v) is 6.50. The number of thiazole rings is 1. The van der Waals surface area contributed by atoms with Gasteiger partial charge in [0.15, 0.2) is 0 Å². The van der Waals surface area contributed by atoms with Crippen LogP contribution in [0.25, 0.3) is 0 Å². The number of rotatable bonds is 5. The van der Waals surface area contributed by atoms with Crippen molar-refractivity contribution in [2.45, 2.75) is 19.8 Å². The molecular weight excluding hydrogens is 222 g/mol. The van der Waals surface area contributed by atoms with E-state index in [1.165, 1.54) is 0 Å². The van der Waals surface area contributed by atoms with Crippen LogP contribution in [0.4, 0.5) is 0 Å². The van der Waals surface area contributed by atoms with Crippen LogP contribution in [0.1, 0.15) is 17.1 Å². The van der Waals surface area contributed by atoms with Crippen molar-refractivity contribution < 1.29 is 4.79 Å². The average Bonchev–Trinajstić information content (AvgIpc) is 2.58. The normalized spacial score (nSPS) is 15.8. The standard InChI is InChI=1S/C11H17N3OS/c1-8-14-10(7-16-8)2-3-13-11(15)4-9-5-12-6-9/h7,9,12H,2-6H2,1H3,(H,13,15). The van der Waals surface area contributed by atoms with E-state index in [4.69, 9.17) is 0 Å². The Bertz CT molecular complexity index is 360. The molecule has 5 heteroatoms. The summed E-state index contributed by atoms with van der Waals surface area (Å²) in [6.07, 6.45) is 1.49. The second-order valence-corrected chi connectivity index (χ2v) is 5.25. The van der Waals surface area contributed by atoms with Gasteiger partial charge in [-0.3, -0.25) is 4.79 Å². The number of carbonyl (C=O) groups excluding carboxylic acids is 1. The van der Waals surface area contributed by atoms with E-state index in [9.17, 15) is 4.79 Å². The predicted molar refractivity (Wildman–Crippen MR) is 64.5 cm³/mol. The number of carbonyl (C=O) groups is 1. The number of amides is 1. The third kappa shape index (κ3) is 3.28. The average molecular weight is 239 g/mol. The molecule has 2 N–H and O–H groups in total. The molecule has 16 heavy (non-hydrogen) atoms. The Morgan fingerprint density at radius 1 is 1.69 bits per heavy atom. The number of nitrogens with zero attached hydrogens (tertiary/aromatic N) is 1. The van der Waals surface area contributed by atoms with Crippen LogP contribution in [0.5, 0.6) is 0 Å². The maximum atomic E-state index is 11.5. The highest BCUT2D eigenvalue weighted by Crippen LogP contribution is 2.09. The lowest BCUT2D eigenvalue weighted by Gasteiger charge is -2.26. The molecule has 1 saturated heterocycles. The first-order valence-electron chi connectivity index (χ1n) is 5.62. The zero-order valence-electron chi connectivity index (χ0n) is 9.45. The molecule has 1 fully saturated rings. The molecule has 0 saturated carbocycles.